The number of allylic oxidation sites excluding steroid dienone is 3. The molecule has 1 saturated heterocycles. The Hall–Kier alpha value is -0.960. The van der Waals surface area contributed by atoms with Gasteiger partial charge in [0.15, 0.2) is 0 Å². The molecule has 3 heteroatoms. The van der Waals surface area contributed by atoms with Gasteiger partial charge in [-0.2, -0.15) is 0 Å². The van der Waals surface area contributed by atoms with Gasteiger partial charge in [0.2, 0.25) is 0 Å². The van der Waals surface area contributed by atoms with Crippen molar-refractivity contribution in [3.05, 3.63) is 23.5 Å². The largest absolute Gasteiger partial charge is 0.385 e. The van der Waals surface area contributed by atoms with E-state index in [4.69, 9.17) is 10.5 Å². The molecule has 1 heterocycles. The Bertz CT molecular complexity index is 227. The van der Waals surface area contributed by atoms with Crippen molar-refractivity contribution in [3.63, 3.8) is 0 Å². The van der Waals surface area contributed by atoms with Gasteiger partial charge in [0.25, 0.3) is 0 Å². The molecule has 1 rings (SSSR count). The lowest BCUT2D eigenvalue weighted by molar-refractivity contribution is 0.0530. The lowest BCUT2D eigenvalue weighted by atomic mass is 10.2. The maximum atomic E-state index is 5.97. The number of hydrogen-bond donors (Lipinski definition) is 1. The standard InChI is InChI=1S/C11H20N2O/c1-3-4-10(2)9-11(12)13-5-7-14-8-6-13/h4,9H,3,5-8,12H2,1-2H3/b10-4-,11-9+. The van der Waals surface area contributed by atoms with Crippen molar-refractivity contribution in [2.45, 2.75) is 20.3 Å². The summed E-state index contributed by atoms with van der Waals surface area (Å²) in [5, 5.41) is 0. The van der Waals surface area contributed by atoms with E-state index in [0.29, 0.717) is 0 Å². The van der Waals surface area contributed by atoms with Crippen LogP contribution in [-0.4, -0.2) is 31.2 Å². The van der Waals surface area contributed by atoms with Crippen molar-refractivity contribution in [2.24, 2.45) is 5.73 Å². The second kappa shape index (κ2) is 5.70. The zero-order chi connectivity index (χ0) is 10.4. The molecule has 0 saturated carbocycles. The molecule has 1 fully saturated rings. The number of hydrogen-bond acceptors (Lipinski definition) is 3. The third kappa shape index (κ3) is 3.42. The average molecular weight is 196 g/mol. The molecule has 0 aromatic heterocycles. The first-order chi connectivity index (χ1) is 6.74. The predicted octanol–water partition coefficient (Wildman–Crippen LogP) is 1.47. The van der Waals surface area contributed by atoms with Gasteiger partial charge in [-0.25, -0.2) is 0 Å². The van der Waals surface area contributed by atoms with Gasteiger partial charge >= 0.3 is 0 Å². The maximum absolute atomic E-state index is 5.97. The van der Waals surface area contributed by atoms with E-state index < -0.39 is 0 Å². The van der Waals surface area contributed by atoms with Crippen molar-refractivity contribution < 1.29 is 4.74 Å². The summed E-state index contributed by atoms with van der Waals surface area (Å²) in [7, 11) is 0. The van der Waals surface area contributed by atoms with Gasteiger partial charge in [-0.3, -0.25) is 0 Å². The summed E-state index contributed by atoms with van der Waals surface area (Å²) in [4.78, 5) is 2.16. The monoisotopic (exact) mass is 196 g/mol. The Morgan fingerprint density at radius 2 is 2.07 bits per heavy atom. The van der Waals surface area contributed by atoms with Gasteiger partial charge in [0.05, 0.1) is 19.0 Å². The Balaban J connectivity index is 2.53. The lowest BCUT2D eigenvalue weighted by Gasteiger charge is -2.28. The molecule has 0 spiro atoms. The summed E-state index contributed by atoms with van der Waals surface area (Å²) >= 11 is 0. The highest BCUT2D eigenvalue weighted by Crippen LogP contribution is 2.06. The molecule has 1 aliphatic heterocycles. The van der Waals surface area contributed by atoms with Crippen LogP contribution in [0.5, 0.6) is 0 Å². The number of rotatable bonds is 3. The van der Waals surface area contributed by atoms with Crippen LogP contribution in [0.3, 0.4) is 0 Å². The predicted molar refractivity (Wildman–Crippen MR) is 58.7 cm³/mol. The third-order valence-corrected chi connectivity index (χ3v) is 2.28. The molecule has 0 aromatic rings. The van der Waals surface area contributed by atoms with Crippen LogP contribution in [0.25, 0.3) is 0 Å². The quantitative estimate of drug-likeness (QED) is 0.695. The molecule has 2 N–H and O–H groups in total. The number of nitrogens with two attached hydrogens (primary N) is 1. The Morgan fingerprint density at radius 1 is 1.43 bits per heavy atom. The first-order valence-electron chi connectivity index (χ1n) is 5.20. The zero-order valence-corrected chi connectivity index (χ0v) is 9.12. The second-order valence-electron chi connectivity index (χ2n) is 3.53. The van der Waals surface area contributed by atoms with Crippen molar-refractivity contribution >= 4 is 0 Å². The highest BCUT2D eigenvalue weighted by Gasteiger charge is 2.10. The van der Waals surface area contributed by atoms with Crippen LogP contribution in [0.15, 0.2) is 23.5 Å². The van der Waals surface area contributed by atoms with Crippen LogP contribution in [-0.2, 0) is 4.74 Å². The van der Waals surface area contributed by atoms with Crippen LogP contribution < -0.4 is 5.73 Å². The van der Waals surface area contributed by atoms with Gasteiger partial charge in [0.1, 0.15) is 0 Å². The number of morpholine rings is 1. The number of nitrogens with zero attached hydrogens (tertiary/aromatic N) is 1. The normalized spacial score (nSPS) is 20.0. The molecule has 0 aromatic carbocycles. The summed E-state index contributed by atoms with van der Waals surface area (Å²) in [5.74, 6) is 0.857. The van der Waals surface area contributed by atoms with Gasteiger partial charge in [-0.15, -0.1) is 0 Å². The third-order valence-electron chi connectivity index (χ3n) is 2.28. The molecule has 0 amide bonds. The van der Waals surface area contributed by atoms with E-state index in [1.54, 1.807) is 0 Å². The van der Waals surface area contributed by atoms with Crippen molar-refractivity contribution in [2.75, 3.05) is 26.3 Å². The molecule has 3 nitrogen and oxygen atoms in total. The van der Waals surface area contributed by atoms with E-state index in [-0.39, 0.29) is 0 Å². The molecule has 0 unspecified atom stereocenters. The van der Waals surface area contributed by atoms with E-state index in [9.17, 15) is 0 Å². The Labute approximate surface area is 86.2 Å². The molecular formula is C11H20N2O. The van der Waals surface area contributed by atoms with Crippen molar-refractivity contribution in [1.82, 2.24) is 4.90 Å². The van der Waals surface area contributed by atoms with Gasteiger partial charge in [0, 0.05) is 13.1 Å². The van der Waals surface area contributed by atoms with Crippen LogP contribution >= 0.6 is 0 Å². The Morgan fingerprint density at radius 3 is 2.64 bits per heavy atom. The van der Waals surface area contributed by atoms with E-state index >= 15 is 0 Å². The smallest absolute Gasteiger partial charge is 0.0990 e. The summed E-state index contributed by atoms with van der Waals surface area (Å²) in [6, 6.07) is 0. The topological polar surface area (TPSA) is 38.5 Å². The van der Waals surface area contributed by atoms with E-state index in [1.165, 1.54) is 5.57 Å². The summed E-state index contributed by atoms with van der Waals surface area (Å²) in [6.45, 7) is 7.58. The molecule has 0 aliphatic carbocycles. The lowest BCUT2D eigenvalue weighted by Crippen LogP contribution is -2.38. The minimum Gasteiger partial charge on any atom is -0.385 e. The van der Waals surface area contributed by atoms with Crippen molar-refractivity contribution in [1.29, 1.82) is 0 Å². The molecule has 0 radical (unpaired) electrons. The molecule has 1 aliphatic rings. The van der Waals surface area contributed by atoms with Gasteiger partial charge < -0.3 is 15.4 Å². The first-order valence-corrected chi connectivity index (χ1v) is 5.20. The van der Waals surface area contributed by atoms with Crippen LogP contribution in [0, 0.1) is 0 Å². The summed E-state index contributed by atoms with van der Waals surface area (Å²) < 4.78 is 5.26. The molecular weight excluding hydrogens is 176 g/mol. The average Bonchev–Trinajstić information content (AvgIpc) is 2.19. The van der Waals surface area contributed by atoms with Crippen LogP contribution in [0.1, 0.15) is 20.3 Å². The van der Waals surface area contributed by atoms with Crippen molar-refractivity contribution in [3.8, 4) is 0 Å². The summed E-state index contributed by atoms with van der Waals surface area (Å²) in [5.41, 5.74) is 7.20. The van der Waals surface area contributed by atoms with Crippen LogP contribution in [0.2, 0.25) is 0 Å². The fraction of sp³-hybridized carbons (Fsp3) is 0.636. The minimum absolute atomic E-state index is 0.783. The minimum atomic E-state index is 0.783. The maximum Gasteiger partial charge on any atom is 0.0990 e. The highest BCUT2D eigenvalue weighted by molar-refractivity contribution is 5.19. The Kier molecular flexibility index (Phi) is 4.53. The molecule has 0 atom stereocenters. The van der Waals surface area contributed by atoms with Crippen LogP contribution in [0.4, 0.5) is 0 Å². The fourth-order valence-electron chi connectivity index (χ4n) is 1.53. The second-order valence-corrected chi connectivity index (χ2v) is 3.53. The SMILES string of the molecule is CC/C=C(C)\C=C(/N)N1CCOCC1. The van der Waals surface area contributed by atoms with E-state index in [2.05, 4.69) is 24.8 Å². The highest BCUT2D eigenvalue weighted by atomic mass is 16.5. The van der Waals surface area contributed by atoms with E-state index in [0.717, 1.165) is 38.5 Å². The molecule has 14 heavy (non-hydrogen) atoms. The molecule has 0 bridgehead atoms. The summed E-state index contributed by atoms with van der Waals surface area (Å²) in [6.07, 6.45) is 5.26. The first kappa shape index (κ1) is 11.1. The van der Waals surface area contributed by atoms with Gasteiger partial charge in [-0.05, 0) is 19.4 Å². The van der Waals surface area contributed by atoms with E-state index in [1.807, 2.05) is 6.08 Å². The molecule has 80 valence electrons. The number of ether oxygens (including phenoxy) is 1. The van der Waals surface area contributed by atoms with Gasteiger partial charge in [-0.1, -0.05) is 18.6 Å². The zero-order valence-electron chi connectivity index (χ0n) is 9.12. The fourth-order valence-corrected chi connectivity index (χ4v) is 1.53.